The number of carboxylic acids is 4. The monoisotopic (exact) mass is 962 g/mol. The Balaban J connectivity index is 1.31. The third-order valence-corrected chi connectivity index (χ3v) is 13.5. The summed E-state index contributed by atoms with van der Waals surface area (Å²) in [6, 6.07) is 14.5. The van der Waals surface area contributed by atoms with E-state index in [1.807, 2.05) is 0 Å². The number of ether oxygens (including phenoxy) is 4. The van der Waals surface area contributed by atoms with Crippen LogP contribution in [-0.4, -0.2) is 124 Å². The van der Waals surface area contributed by atoms with Crippen LogP contribution in [0.25, 0.3) is 5.57 Å². The summed E-state index contributed by atoms with van der Waals surface area (Å²) < 4.78 is 29.0. The van der Waals surface area contributed by atoms with Gasteiger partial charge in [0.15, 0.2) is 0 Å². The summed E-state index contributed by atoms with van der Waals surface area (Å²) in [6.45, 7) is 3.24. The van der Waals surface area contributed by atoms with Crippen LogP contribution in [0.1, 0.15) is 85.3 Å². The van der Waals surface area contributed by atoms with Crippen molar-refractivity contribution >= 4 is 46.5 Å². The number of para-hydroxylation sites is 2. The van der Waals surface area contributed by atoms with Gasteiger partial charge in [-0.05, 0) is 93.8 Å². The zero-order chi connectivity index (χ0) is 49.5. The summed E-state index contributed by atoms with van der Waals surface area (Å²) in [5.74, 6) is -2.52. The number of nitrogens with zero attached hydrogens (tertiary/aromatic N) is 4. The SMILES string of the molecule is CCc1c2c(cc3c1=[N+](C)CCC3)=C(c1cc(N(CC(=O)O)CC(=O)O)c(OCCOc3ccccc3N(CC(=O)O)CC(=O)O)cc1OCCCCCCN)c1cc3c4c(c1O2)CCCN4CCC3. The number of anilines is 3. The quantitative estimate of drug-likeness (QED) is 0.0418. The molecule has 6 N–H and O–H groups in total. The average Bonchev–Trinajstić information content (AvgIpc) is 3.32. The van der Waals surface area contributed by atoms with Gasteiger partial charge in [0.25, 0.3) is 0 Å². The number of hydrogen-bond acceptors (Lipinski definition) is 12. The van der Waals surface area contributed by atoms with E-state index in [-0.39, 0.29) is 36.1 Å². The Hall–Kier alpha value is -7.01. The molecule has 4 aliphatic rings. The van der Waals surface area contributed by atoms with Crippen LogP contribution in [0.2, 0.25) is 0 Å². The van der Waals surface area contributed by atoms with Gasteiger partial charge >= 0.3 is 23.9 Å². The highest BCUT2D eigenvalue weighted by molar-refractivity contribution is 5.93. The Morgan fingerprint density at radius 3 is 2.00 bits per heavy atom. The second kappa shape index (κ2) is 22.2. The first kappa shape index (κ1) is 49.4. The largest absolute Gasteiger partial charge is 0.493 e. The third-order valence-electron chi connectivity index (χ3n) is 13.5. The molecule has 372 valence electrons. The average molecular weight is 963 g/mol. The molecule has 4 aliphatic heterocycles. The summed E-state index contributed by atoms with van der Waals surface area (Å²) in [5.41, 5.74) is 14.7. The van der Waals surface area contributed by atoms with Gasteiger partial charge in [-0.25, -0.2) is 4.58 Å². The van der Waals surface area contributed by atoms with E-state index in [0.29, 0.717) is 30.9 Å². The van der Waals surface area contributed by atoms with Crippen molar-refractivity contribution in [2.75, 3.05) is 93.9 Å². The van der Waals surface area contributed by atoms with Crippen molar-refractivity contribution < 1.29 is 58.6 Å². The molecule has 0 saturated heterocycles. The molecule has 4 heterocycles. The highest BCUT2D eigenvalue weighted by Gasteiger charge is 2.36. The Morgan fingerprint density at radius 2 is 1.31 bits per heavy atom. The molecule has 0 spiro atoms. The number of hydrogen-bond donors (Lipinski definition) is 5. The normalized spacial score (nSPS) is 14.4. The number of carboxylic acid groups (broad SMARTS) is 4. The number of aliphatic carboxylic acids is 4. The number of carbonyl (C=O) groups is 4. The lowest BCUT2D eigenvalue weighted by molar-refractivity contribution is -0.138. The van der Waals surface area contributed by atoms with Gasteiger partial charge in [-0.3, -0.25) is 19.2 Å². The Kier molecular flexibility index (Phi) is 15.6. The van der Waals surface area contributed by atoms with Crippen molar-refractivity contribution in [3.8, 4) is 28.7 Å². The van der Waals surface area contributed by atoms with Gasteiger partial charge in [-0.2, -0.15) is 0 Å². The molecule has 0 aliphatic carbocycles. The molecule has 8 rings (SSSR count). The Labute approximate surface area is 406 Å². The van der Waals surface area contributed by atoms with Crippen LogP contribution in [0.4, 0.5) is 17.1 Å². The first-order valence-electron chi connectivity index (χ1n) is 24.5. The molecule has 17 heteroatoms. The van der Waals surface area contributed by atoms with Crippen molar-refractivity contribution in [1.82, 2.24) is 4.58 Å². The fourth-order valence-electron chi connectivity index (χ4n) is 10.6. The highest BCUT2D eigenvalue weighted by atomic mass is 16.5. The van der Waals surface area contributed by atoms with Crippen LogP contribution >= 0.6 is 0 Å². The number of unbranched alkanes of at least 4 members (excludes halogenated alkanes) is 3. The van der Waals surface area contributed by atoms with Gasteiger partial charge in [-0.1, -0.05) is 31.9 Å². The zero-order valence-electron chi connectivity index (χ0n) is 40.1. The lowest BCUT2D eigenvalue weighted by Gasteiger charge is -2.39. The fourth-order valence-corrected chi connectivity index (χ4v) is 10.6. The van der Waals surface area contributed by atoms with E-state index < -0.39 is 50.1 Å². The van der Waals surface area contributed by atoms with Crippen molar-refractivity contribution in [3.05, 3.63) is 92.5 Å². The van der Waals surface area contributed by atoms with Gasteiger partial charge in [-0.15, -0.1) is 0 Å². The molecule has 4 aromatic carbocycles. The lowest BCUT2D eigenvalue weighted by Crippen LogP contribution is -2.40. The molecule has 0 fully saturated rings. The maximum absolute atomic E-state index is 12.6. The standard InChI is InChI=1S/C53H63N5O12/c1-3-35-50-33(13-10-19-55(50)2)25-38-49(39-26-34-14-11-20-56-21-12-15-36(51(34)56)53(39)70-52(35)38)37-27-41(58(31-47(63)64)32-48(65)66)44(28-43(37)67-22-9-5-4-8-18-54)69-24-23-68-42-17-7-6-16-40(42)57(29-45(59)60)30-46(61)62/h6-7,16-17,25-28H,3-5,8-15,18-24,29-32,54H2,1-2H3,(H3-,59,60,61,62,63,64,65,66)/p+1. The van der Waals surface area contributed by atoms with Gasteiger partial charge < -0.3 is 59.8 Å². The predicted octanol–water partition coefficient (Wildman–Crippen LogP) is 4.67. The summed E-state index contributed by atoms with van der Waals surface area (Å²) in [6.07, 6.45) is 9.76. The smallest absolute Gasteiger partial charge is 0.323 e. The molecule has 70 heavy (non-hydrogen) atoms. The first-order valence-corrected chi connectivity index (χ1v) is 24.5. The van der Waals surface area contributed by atoms with Crippen molar-refractivity contribution in [1.29, 1.82) is 0 Å². The van der Waals surface area contributed by atoms with Crippen LogP contribution in [-0.2, 0) is 44.9 Å². The molecule has 4 aromatic rings. The van der Waals surface area contributed by atoms with E-state index >= 15 is 0 Å². The summed E-state index contributed by atoms with van der Waals surface area (Å²) >= 11 is 0. The maximum Gasteiger partial charge on any atom is 0.323 e. The van der Waals surface area contributed by atoms with Gasteiger partial charge in [0, 0.05) is 64.3 Å². The van der Waals surface area contributed by atoms with Crippen LogP contribution in [0.5, 0.6) is 28.7 Å². The Morgan fingerprint density at radius 1 is 0.686 bits per heavy atom. The van der Waals surface area contributed by atoms with Gasteiger partial charge in [0.05, 0.1) is 23.5 Å². The van der Waals surface area contributed by atoms with E-state index in [9.17, 15) is 39.6 Å². The van der Waals surface area contributed by atoms with Gasteiger partial charge in [0.2, 0.25) is 5.36 Å². The number of nitrogens with two attached hydrogens (primary N) is 1. The van der Waals surface area contributed by atoms with Crippen molar-refractivity contribution in [3.63, 3.8) is 0 Å². The molecule has 0 aromatic heterocycles. The minimum Gasteiger partial charge on any atom is -0.493 e. The maximum atomic E-state index is 12.6. The number of benzene rings is 4. The number of rotatable bonds is 24. The van der Waals surface area contributed by atoms with E-state index in [1.54, 1.807) is 36.4 Å². The topological polar surface area (TPSA) is 225 Å². The molecule has 0 atom stereocenters. The van der Waals surface area contributed by atoms with Crippen LogP contribution in [0.3, 0.4) is 0 Å². The molecule has 0 unspecified atom stereocenters. The minimum atomic E-state index is -1.24. The van der Waals surface area contributed by atoms with E-state index in [2.05, 4.69) is 35.6 Å². The van der Waals surface area contributed by atoms with Gasteiger partial charge in [0.1, 0.15) is 81.7 Å². The number of aryl methyl sites for hydroxylation is 2. The fraction of sp³-hybridized carbons (Fsp3) is 0.453. The van der Waals surface area contributed by atoms with Crippen LogP contribution < -0.4 is 54.5 Å². The lowest BCUT2D eigenvalue weighted by atomic mass is 9.82. The molecular weight excluding hydrogens is 899 g/mol. The molecule has 0 radical (unpaired) electrons. The van der Waals surface area contributed by atoms with E-state index in [0.717, 1.165) is 117 Å². The van der Waals surface area contributed by atoms with Crippen molar-refractivity contribution in [2.45, 2.75) is 77.6 Å². The third kappa shape index (κ3) is 10.7. The predicted molar refractivity (Wildman–Crippen MR) is 264 cm³/mol. The summed E-state index contributed by atoms with van der Waals surface area (Å²) in [5, 5.41) is 41.7. The molecule has 0 bridgehead atoms. The van der Waals surface area contributed by atoms with Crippen molar-refractivity contribution in [2.24, 2.45) is 5.73 Å². The summed E-state index contributed by atoms with van der Waals surface area (Å²) in [7, 11) is 2.13. The summed E-state index contributed by atoms with van der Waals surface area (Å²) in [4.78, 5) is 53.5. The van der Waals surface area contributed by atoms with Crippen LogP contribution in [0, 0.1) is 0 Å². The number of fused-ring (bicyclic) bond motifs is 4. The highest BCUT2D eigenvalue weighted by Crippen LogP contribution is 2.50. The second-order valence-corrected chi connectivity index (χ2v) is 18.3. The molecule has 0 amide bonds. The van der Waals surface area contributed by atoms with Crippen LogP contribution in [0.15, 0.2) is 48.5 Å². The Bertz CT molecular complexity index is 2760. The van der Waals surface area contributed by atoms with E-state index in [1.165, 1.54) is 37.5 Å². The molecule has 0 saturated carbocycles. The zero-order valence-corrected chi connectivity index (χ0v) is 40.1. The molecule has 17 nitrogen and oxygen atoms in total. The second-order valence-electron chi connectivity index (χ2n) is 18.3. The minimum absolute atomic E-state index is 0.110. The first-order chi connectivity index (χ1) is 33.9. The molecular formula is C53H64N5O12+. The van der Waals surface area contributed by atoms with E-state index in [4.69, 9.17) is 24.7 Å².